The van der Waals surface area contributed by atoms with Crippen molar-refractivity contribution >= 4 is 32.8 Å². The van der Waals surface area contributed by atoms with Crippen LogP contribution < -0.4 is 15.4 Å². The molecule has 7 nitrogen and oxygen atoms in total. The van der Waals surface area contributed by atoms with Gasteiger partial charge < -0.3 is 20.8 Å². The van der Waals surface area contributed by atoms with E-state index >= 15 is 0 Å². The summed E-state index contributed by atoms with van der Waals surface area (Å²) in [7, 11) is -3.11. The number of halogens is 2. The van der Waals surface area contributed by atoms with Crippen molar-refractivity contribution in [2.75, 3.05) is 16.8 Å². The molecule has 0 aliphatic carbocycles. The number of benzene rings is 2. The van der Waals surface area contributed by atoms with Gasteiger partial charge in [-0.2, -0.15) is 8.78 Å². The molecule has 0 spiro atoms. The lowest BCUT2D eigenvalue weighted by atomic mass is 10.0. The van der Waals surface area contributed by atoms with Crippen molar-refractivity contribution in [2.45, 2.75) is 26.0 Å². The first-order chi connectivity index (χ1) is 14.0. The van der Waals surface area contributed by atoms with Gasteiger partial charge >= 0.3 is 6.61 Å². The molecule has 1 aliphatic rings. The summed E-state index contributed by atoms with van der Waals surface area (Å²) in [6.45, 7) is 0.280. The Morgan fingerprint density at radius 2 is 1.90 bits per heavy atom. The highest BCUT2D eigenvalue weighted by Gasteiger charge is 2.45. The quantitative estimate of drug-likeness (QED) is 0.576. The third kappa shape index (κ3) is 5.12. The molecule has 160 valence electrons. The molecule has 30 heavy (non-hydrogen) atoms. The number of hydrogen-bond acceptors (Lipinski definition) is 6. The number of rotatable bonds is 7. The van der Waals surface area contributed by atoms with Gasteiger partial charge in [-0.1, -0.05) is 6.07 Å². The number of anilines is 2. The summed E-state index contributed by atoms with van der Waals surface area (Å²) < 4.78 is 52.1. The molecule has 0 atom stereocenters. The van der Waals surface area contributed by atoms with Gasteiger partial charge in [0.1, 0.15) is 5.75 Å². The van der Waals surface area contributed by atoms with Gasteiger partial charge in [-0.3, -0.25) is 4.79 Å². The highest BCUT2D eigenvalue weighted by atomic mass is 32.2. The Morgan fingerprint density at radius 1 is 1.20 bits per heavy atom. The molecule has 0 bridgehead atoms. The number of carbonyl (C=O) groups excluding carboxylic acids is 1. The maximum absolute atomic E-state index is 12.6. The Morgan fingerprint density at radius 3 is 2.50 bits per heavy atom. The maximum atomic E-state index is 12.6. The van der Waals surface area contributed by atoms with Crippen molar-refractivity contribution in [1.29, 1.82) is 5.41 Å². The van der Waals surface area contributed by atoms with Crippen molar-refractivity contribution in [3.63, 3.8) is 0 Å². The van der Waals surface area contributed by atoms with Crippen LogP contribution in [0.1, 0.15) is 29.8 Å². The zero-order valence-corrected chi connectivity index (χ0v) is 17.1. The summed E-state index contributed by atoms with van der Waals surface area (Å²) >= 11 is 0. The number of hydrogen-bond donors (Lipinski definition) is 3. The summed E-state index contributed by atoms with van der Waals surface area (Å²) in [5.74, 6) is -0.672. The monoisotopic (exact) mass is 437 g/mol. The van der Waals surface area contributed by atoms with Crippen LogP contribution in [-0.2, 0) is 9.84 Å². The van der Waals surface area contributed by atoms with Crippen molar-refractivity contribution in [3.05, 3.63) is 53.6 Å². The van der Waals surface area contributed by atoms with Crippen LogP contribution in [0, 0.1) is 5.41 Å². The Balaban J connectivity index is 1.80. The predicted molar refractivity (Wildman–Crippen MR) is 110 cm³/mol. The Kier molecular flexibility index (Phi) is 5.80. The van der Waals surface area contributed by atoms with E-state index in [0.29, 0.717) is 16.9 Å². The standard InChI is InChI=1S/C20H21F2N3O4S/c1-12(23)16-8-13(18(26)25-20(2)10-30(27,28)11-20)6-7-17(16)24-14-4-3-5-15(9-14)29-19(21)22/h3-9,19,23-24H,10-11H2,1-2H3,(H,25,26). The summed E-state index contributed by atoms with van der Waals surface area (Å²) in [6, 6.07) is 10.7. The minimum Gasteiger partial charge on any atom is -0.435 e. The molecule has 2 aromatic rings. The molecular formula is C20H21F2N3O4S. The SMILES string of the molecule is CC(=N)c1cc(C(=O)NC2(C)CS(=O)(=O)C2)ccc1Nc1cccc(OC(F)F)c1. The Labute approximate surface area is 172 Å². The molecule has 3 rings (SSSR count). The molecule has 3 N–H and O–H groups in total. The minimum absolute atomic E-state index is 0.0113. The smallest absolute Gasteiger partial charge is 0.387 e. The molecule has 0 aromatic heterocycles. The average Bonchev–Trinajstić information content (AvgIpc) is 2.59. The van der Waals surface area contributed by atoms with Gasteiger partial charge in [0.25, 0.3) is 5.91 Å². The van der Waals surface area contributed by atoms with Crippen molar-refractivity contribution < 1.29 is 26.7 Å². The molecule has 1 heterocycles. The van der Waals surface area contributed by atoms with E-state index in [2.05, 4.69) is 15.4 Å². The van der Waals surface area contributed by atoms with Gasteiger partial charge in [0, 0.05) is 34.3 Å². The molecular weight excluding hydrogens is 416 g/mol. The van der Waals surface area contributed by atoms with Gasteiger partial charge in [-0.25, -0.2) is 8.42 Å². The summed E-state index contributed by atoms with van der Waals surface area (Å²) in [5, 5.41) is 13.8. The van der Waals surface area contributed by atoms with Crippen molar-refractivity contribution in [1.82, 2.24) is 5.32 Å². The number of carbonyl (C=O) groups is 1. The fourth-order valence-electron chi connectivity index (χ4n) is 3.36. The molecule has 1 saturated heterocycles. The number of sulfone groups is 1. The van der Waals surface area contributed by atoms with Crippen LogP contribution in [0.4, 0.5) is 20.2 Å². The molecule has 0 unspecified atom stereocenters. The van der Waals surface area contributed by atoms with Crippen LogP contribution in [0.2, 0.25) is 0 Å². The summed E-state index contributed by atoms with van der Waals surface area (Å²) in [4.78, 5) is 12.6. The molecule has 0 saturated carbocycles. The normalized spacial score (nSPS) is 16.4. The fraction of sp³-hybridized carbons (Fsp3) is 0.300. The zero-order chi connectivity index (χ0) is 22.1. The fourth-order valence-corrected chi connectivity index (χ4v) is 5.36. The first-order valence-electron chi connectivity index (χ1n) is 9.01. The summed E-state index contributed by atoms with van der Waals surface area (Å²) in [6.07, 6.45) is 0. The van der Waals surface area contributed by atoms with Gasteiger partial charge in [-0.05, 0) is 44.2 Å². The second kappa shape index (κ2) is 8.02. The Bertz CT molecular complexity index is 1090. The maximum Gasteiger partial charge on any atom is 0.387 e. The minimum atomic E-state index is -3.11. The van der Waals surface area contributed by atoms with Crippen LogP contribution in [0.3, 0.4) is 0 Å². The van der Waals surface area contributed by atoms with E-state index in [-0.39, 0.29) is 28.5 Å². The zero-order valence-electron chi connectivity index (χ0n) is 16.3. The lowest BCUT2D eigenvalue weighted by Gasteiger charge is -2.38. The highest BCUT2D eigenvalue weighted by Crippen LogP contribution is 2.27. The van der Waals surface area contributed by atoms with E-state index in [0.717, 1.165) is 0 Å². The lowest BCUT2D eigenvalue weighted by molar-refractivity contribution is -0.0498. The third-order valence-corrected chi connectivity index (χ3v) is 6.67. The highest BCUT2D eigenvalue weighted by molar-refractivity contribution is 7.93. The van der Waals surface area contributed by atoms with Crippen molar-refractivity contribution in [3.8, 4) is 5.75 Å². The van der Waals surface area contributed by atoms with Crippen LogP contribution in [0.15, 0.2) is 42.5 Å². The molecule has 2 aromatic carbocycles. The van der Waals surface area contributed by atoms with Crippen LogP contribution in [0.5, 0.6) is 5.75 Å². The van der Waals surface area contributed by atoms with Crippen LogP contribution in [0.25, 0.3) is 0 Å². The average molecular weight is 437 g/mol. The second-order valence-electron chi connectivity index (χ2n) is 7.46. The number of amides is 1. The van der Waals surface area contributed by atoms with E-state index in [4.69, 9.17) is 5.41 Å². The van der Waals surface area contributed by atoms with Gasteiger partial charge in [0.05, 0.1) is 17.0 Å². The van der Waals surface area contributed by atoms with Gasteiger partial charge in [0.2, 0.25) is 0 Å². The third-order valence-electron chi connectivity index (χ3n) is 4.52. The second-order valence-corrected chi connectivity index (χ2v) is 9.53. The largest absolute Gasteiger partial charge is 0.435 e. The molecule has 1 amide bonds. The van der Waals surface area contributed by atoms with E-state index in [1.807, 2.05) is 0 Å². The first-order valence-corrected chi connectivity index (χ1v) is 10.8. The Hall–Kier alpha value is -3.01. The molecule has 1 fully saturated rings. The van der Waals surface area contributed by atoms with Crippen LogP contribution in [-0.4, -0.2) is 43.7 Å². The topological polar surface area (TPSA) is 108 Å². The van der Waals surface area contributed by atoms with Gasteiger partial charge in [0.15, 0.2) is 9.84 Å². The molecule has 1 aliphatic heterocycles. The summed E-state index contributed by atoms with van der Waals surface area (Å²) in [5.41, 5.74) is 1.07. The number of ether oxygens (including phenoxy) is 1. The number of alkyl halides is 2. The predicted octanol–water partition coefficient (Wildman–Crippen LogP) is 3.34. The van der Waals surface area contributed by atoms with E-state index in [1.54, 1.807) is 38.1 Å². The number of nitrogens with one attached hydrogen (secondary N) is 3. The molecule has 0 radical (unpaired) electrons. The molecule has 10 heteroatoms. The van der Waals surface area contributed by atoms with E-state index in [9.17, 15) is 22.0 Å². The van der Waals surface area contributed by atoms with Gasteiger partial charge in [-0.15, -0.1) is 0 Å². The van der Waals surface area contributed by atoms with Crippen molar-refractivity contribution in [2.24, 2.45) is 0 Å². The van der Waals surface area contributed by atoms with E-state index < -0.39 is 27.9 Å². The lowest BCUT2D eigenvalue weighted by Crippen LogP contribution is -2.63. The first kappa shape index (κ1) is 21.7. The van der Waals surface area contributed by atoms with Crippen LogP contribution >= 0.6 is 0 Å². The van der Waals surface area contributed by atoms with E-state index in [1.165, 1.54) is 18.2 Å².